The molecule has 32 heavy (non-hydrogen) atoms. The summed E-state index contributed by atoms with van der Waals surface area (Å²) in [6.07, 6.45) is 3.99. The minimum atomic E-state index is -0.550. The van der Waals surface area contributed by atoms with Gasteiger partial charge in [-0.25, -0.2) is 19.2 Å². The Kier molecular flexibility index (Phi) is 7.17. The van der Waals surface area contributed by atoms with Gasteiger partial charge in [0.2, 0.25) is 5.90 Å². The van der Waals surface area contributed by atoms with Crippen LogP contribution in [0.3, 0.4) is 0 Å². The second-order valence-corrected chi connectivity index (χ2v) is 8.28. The smallest absolute Gasteiger partial charge is 0.322 e. The molecule has 0 bridgehead atoms. The number of benzene rings is 1. The molecule has 3 atom stereocenters. The Morgan fingerprint density at radius 2 is 1.94 bits per heavy atom. The predicted octanol–water partition coefficient (Wildman–Crippen LogP) is 4.99. The summed E-state index contributed by atoms with van der Waals surface area (Å²) >= 11 is 0. The van der Waals surface area contributed by atoms with Crippen molar-refractivity contribution < 1.29 is 13.9 Å². The Labute approximate surface area is 187 Å². The molecule has 1 aliphatic heterocycles. The van der Waals surface area contributed by atoms with Crippen molar-refractivity contribution in [1.29, 1.82) is 10.8 Å². The fourth-order valence-corrected chi connectivity index (χ4v) is 4.02. The quantitative estimate of drug-likeness (QED) is 0.459. The van der Waals surface area contributed by atoms with E-state index in [9.17, 15) is 9.18 Å². The van der Waals surface area contributed by atoms with Crippen molar-refractivity contribution in [3.05, 3.63) is 42.0 Å². The third-order valence-corrected chi connectivity index (χ3v) is 5.62. The first kappa shape index (κ1) is 23.3. The SMILES string of the molecule is CCC(=N)OC(=N)C1C[C@@H](C)C[C@@H](C)N1C(=O)Nc1ccc(C)c(-c2ncc(F)cn2)c1. The van der Waals surface area contributed by atoms with Crippen LogP contribution in [0, 0.1) is 29.5 Å². The zero-order chi connectivity index (χ0) is 23.4. The Bertz CT molecular complexity index is 1010. The normalized spacial score (nSPS) is 20.5. The standard InChI is InChI=1S/C23H29FN6O2/c1-5-20(25)32-21(26)19-9-13(2)8-15(4)30(19)23(31)29-17-7-6-14(3)18(10-17)22-27-11-16(24)12-28-22/h6-7,10-13,15,19,25-26H,5,8-9H2,1-4H3,(H,29,31)/t13-,15+,19?/m0/s1. The second kappa shape index (κ2) is 9.84. The molecule has 1 aliphatic rings. The van der Waals surface area contributed by atoms with Gasteiger partial charge in [-0.2, -0.15) is 0 Å². The highest BCUT2D eigenvalue weighted by atomic mass is 19.1. The van der Waals surface area contributed by atoms with Crippen LogP contribution < -0.4 is 5.32 Å². The van der Waals surface area contributed by atoms with Gasteiger partial charge in [0, 0.05) is 23.7 Å². The molecule has 1 unspecified atom stereocenters. The molecule has 2 aromatic rings. The van der Waals surface area contributed by atoms with Gasteiger partial charge in [0.15, 0.2) is 17.5 Å². The number of carbonyl (C=O) groups excluding carboxylic acids is 1. The van der Waals surface area contributed by atoms with Gasteiger partial charge in [0.1, 0.15) is 6.04 Å². The first-order valence-corrected chi connectivity index (χ1v) is 10.7. The molecule has 1 aromatic carbocycles. The summed E-state index contributed by atoms with van der Waals surface area (Å²) in [7, 11) is 0. The summed E-state index contributed by atoms with van der Waals surface area (Å²) < 4.78 is 18.6. The molecule has 1 aromatic heterocycles. The summed E-state index contributed by atoms with van der Waals surface area (Å²) in [5, 5.41) is 19.0. The first-order chi connectivity index (χ1) is 15.2. The van der Waals surface area contributed by atoms with Gasteiger partial charge in [-0.15, -0.1) is 0 Å². The summed E-state index contributed by atoms with van der Waals surface area (Å²) in [5.41, 5.74) is 2.12. The summed E-state index contributed by atoms with van der Waals surface area (Å²) in [5.74, 6) is 0.0844. The van der Waals surface area contributed by atoms with Crippen LogP contribution in [0.4, 0.5) is 14.9 Å². The van der Waals surface area contributed by atoms with Gasteiger partial charge < -0.3 is 15.0 Å². The van der Waals surface area contributed by atoms with Gasteiger partial charge in [-0.05, 0) is 50.3 Å². The largest absolute Gasteiger partial charge is 0.428 e. The zero-order valence-corrected chi connectivity index (χ0v) is 18.8. The minimum absolute atomic E-state index is 0.00344. The molecule has 0 radical (unpaired) electrons. The van der Waals surface area contributed by atoms with Gasteiger partial charge in [-0.3, -0.25) is 10.8 Å². The van der Waals surface area contributed by atoms with Gasteiger partial charge >= 0.3 is 6.03 Å². The van der Waals surface area contributed by atoms with Crippen LogP contribution in [0.5, 0.6) is 0 Å². The fraction of sp³-hybridized carbons (Fsp3) is 0.435. The minimum Gasteiger partial charge on any atom is -0.428 e. The number of nitrogens with one attached hydrogen (secondary N) is 3. The zero-order valence-electron chi connectivity index (χ0n) is 18.8. The lowest BCUT2D eigenvalue weighted by molar-refractivity contribution is 0.121. The predicted molar refractivity (Wildman–Crippen MR) is 121 cm³/mol. The number of amides is 2. The number of likely N-dealkylation sites (tertiary alicyclic amines) is 1. The van der Waals surface area contributed by atoms with Crippen LogP contribution in [0.15, 0.2) is 30.6 Å². The van der Waals surface area contributed by atoms with E-state index < -0.39 is 11.9 Å². The van der Waals surface area contributed by atoms with Crippen LogP contribution in [0.25, 0.3) is 11.4 Å². The van der Waals surface area contributed by atoms with Crippen molar-refractivity contribution in [1.82, 2.24) is 14.9 Å². The third kappa shape index (κ3) is 5.27. The number of carbonyl (C=O) groups is 1. The van der Waals surface area contributed by atoms with E-state index in [0.717, 1.165) is 24.4 Å². The molecule has 3 N–H and O–H groups in total. The van der Waals surface area contributed by atoms with E-state index in [-0.39, 0.29) is 23.9 Å². The van der Waals surface area contributed by atoms with Crippen LogP contribution in [0.1, 0.15) is 45.6 Å². The van der Waals surface area contributed by atoms with Crippen LogP contribution in [-0.2, 0) is 4.74 Å². The van der Waals surface area contributed by atoms with Crippen molar-refractivity contribution in [2.75, 3.05) is 5.32 Å². The number of aromatic nitrogens is 2. The molecule has 9 heteroatoms. The summed E-state index contributed by atoms with van der Waals surface area (Å²) in [4.78, 5) is 23.0. The van der Waals surface area contributed by atoms with Gasteiger partial charge in [0.25, 0.3) is 0 Å². The van der Waals surface area contributed by atoms with E-state index in [2.05, 4.69) is 22.2 Å². The fourth-order valence-electron chi connectivity index (χ4n) is 4.02. The van der Waals surface area contributed by atoms with Crippen molar-refractivity contribution in [3.63, 3.8) is 0 Å². The van der Waals surface area contributed by atoms with Crippen molar-refractivity contribution in [2.24, 2.45) is 5.92 Å². The lowest BCUT2D eigenvalue weighted by Gasteiger charge is -2.42. The lowest BCUT2D eigenvalue weighted by Crippen LogP contribution is -2.56. The molecule has 3 rings (SSSR count). The maximum Gasteiger partial charge on any atom is 0.322 e. The Morgan fingerprint density at radius 3 is 2.59 bits per heavy atom. The molecule has 2 heterocycles. The van der Waals surface area contributed by atoms with E-state index in [1.165, 1.54) is 0 Å². The molecule has 0 saturated carbocycles. The number of rotatable bonds is 4. The maximum atomic E-state index is 13.3. The number of piperidine rings is 1. The third-order valence-electron chi connectivity index (χ3n) is 5.62. The molecular weight excluding hydrogens is 411 g/mol. The van der Waals surface area contributed by atoms with E-state index >= 15 is 0 Å². The molecule has 1 saturated heterocycles. The lowest BCUT2D eigenvalue weighted by atomic mass is 9.88. The van der Waals surface area contributed by atoms with Gasteiger partial charge in [0.05, 0.1) is 12.4 Å². The molecule has 2 amide bonds. The van der Waals surface area contributed by atoms with Crippen molar-refractivity contribution >= 4 is 23.5 Å². The van der Waals surface area contributed by atoms with E-state index in [4.69, 9.17) is 15.6 Å². The Morgan fingerprint density at radius 1 is 1.25 bits per heavy atom. The van der Waals surface area contributed by atoms with Crippen LogP contribution in [-0.4, -0.2) is 44.8 Å². The van der Waals surface area contributed by atoms with Crippen LogP contribution >= 0.6 is 0 Å². The number of nitrogens with zero attached hydrogens (tertiary/aromatic N) is 3. The molecule has 8 nitrogen and oxygen atoms in total. The van der Waals surface area contributed by atoms with E-state index in [0.29, 0.717) is 35.8 Å². The number of urea groups is 1. The van der Waals surface area contributed by atoms with Gasteiger partial charge in [-0.1, -0.05) is 19.9 Å². The van der Waals surface area contributed by atoms with Crippen molar-refractivity contribution in [2.45, 2.75) is 59.0 Å². The number of anilines is 1. The average Bonchev–Trinajstić information content (AvgIpc) is 2.75. The number of aryl methyl sites for hydroxylation is 1. The van der Waals surface area contributed by atoms with Crippen LogP contribution in [0.2, 0.25) is 0 Å². The highest BCUT2D eigenvalue weighted by Crippen LogP contribution is 2.30. The second-order valence-electron chi connectivity index (χ2n) is 8.28. The monoisotopic (exact) mass is 440 g/mol. The average molecular weight is 441 g/mol. The molecule has 170 valence electrons. The maximum absolute atomic E-state index is 13.3. The molecule has 1 fully saturated rings. The summed E-state index contributed by atoms with van der Waals surface area (Å²) in [6, 6.07) is 4.37. The topological polar surface area (TPSA) is 115 Å². The number of halogens is 1. The number of hydrogen-bond acceptors (Lipinski definition) is 6. The number of hydrogen-bond donors (Lipinski definition) is 3. The highest BCUT2D eigenvalue weighted by Gasteiger charge is 2.38. The molecule has 0 aliphatic carbocycles. The first-order valence-electron chi connectivity index (χ1n) is 10.7. The molecular formula is C23H29FN6O2. The van der Waals surface area contributed by atoms with E-state index in [1.54, 1.807) is 24.0 Å². The number of ether oxygens (including phenoxy) is 1. The van der Waals surface area contributed by atoms with E-state index in [1.807, 2.05) is 19.9 Å². The van der Waals surface area contributed by atoms with Crippen molar-refractivity contribution in [3.8, 4) is 11.4 Å². The summed E-state index contributed by atoms with van der Waals surface area (Å²) in [6.45, 7) is 7.71. The Hall–Kier alpha value is -3.36. The Balaban J connectivity index is 1.83. The highest BCUT2D eigenvalue weighted by molar-refractivity contribution is 5.97. The molecule has 0 spiro atoms.